The van der Waals surface area contributed by atoms with Crippen LogP contribution in [0.2, 0.25) is 0 Å². The number of hydrogen-bond donors (Lipinski definition) is 0. The molecule has 4 heteroatoms. The van der Waals surface area contributed by atoms with Crippen LogP contribution in [-0.2, 0) is 6.42 Å². The van der Waals surface area contributed by atoms with Crippen LogP contribution in [0.5, 0.6) is 5.75 Å². The molecule has 0 fully saturated rings. The summed E-state index contributed by atoms with van der Waals surface area (Å²) in [7, 11) is 1.59. The first-order valence-electron chi connectivity index (χ1n) is 5.96. The maximum absolute atomic E-state index is 12.0. The van der Waals surface area contributed by atoms with E-state index in [0.717, 1.165) is 34.0 Å². The van der Waals surface area contributed by atoms with Gasteiger partial charge in [0, 0.05) is 11.8 Å². The number of methoxy groups -OCH3 is 1. The molecule has 0 unspecified atom stereocenters. The zero-order valence-electron chi connectivity index (χ0n) is 10.5. The number of halogens is 1. The second kappa shape index (κ2) is 5.73. The second-order valence-electron chi connectivity index (χ2n) is 4.14. The lowest BCUT2D eigenvalue weighted by Crippen LogP contribution is -2.05. The summed E-state index contributed by atoms with van der Waals surface area (Å²) in [4.78, 5) is 12.0. The van der Waals surface area contributed by atoms with Crippen LogP contribution >= 0.6 is 22.6 Å². The molecule has 0 aliphatic rings. The number of ether oxygens (including phenoxy) is 1. The Morgan fingerprint density at radius 2 is 2.11 bits per heavy atom. The standard InChI is InChI=1S/C14H15IO3/c1-3-4-5-12-13(15)10-7-6-9(17-2)8-11(10)14(16)18-12/h6-8H,3-5H2,1-2H3. The van der Waals surface area contributed by atoms with Crippen molar-refractivity contribution in [3.63, 3.8) is 0 Å². The molecule has 0 aliphatic heterocycles. The second-order valence-corrected chi connectivity index (χ2v) is 5.22. The lowest BCUT2D eigenvalue weighted by molar-refractivity contribution is 0.414. The van der Waals surface area contributed by atoms with Crippen LogP contribution in [0.25, 0.3) is 10.8 Å². The van der Waals surface area contributed by atoms with Crippen molar-refractivity contribution in [1.29, 1.82) is 0 Å². The van der Waals surface area contributed by atoms with E-state index in [0.29, 0.717) is 11.1 Å². The van der Waals surface area contributed by atoms with Gasteiger partial charge in [-0.1, -0.05) is 13.3 Å². The molecule has 0 saturated carbocycles. The topological polar surface area (TPSA) is 39.4 Å². The minimum absolute atomic E-state index is 0.282. The van der Waals surface area contributed by atoms with Crippen molar-refractivity contribution in [2.75, 3.05) is 7.11 Å². The number of benzene rings is 1. The van der Waals surface area contributed by atoms with Gasteiger partial charge in [0.05, 0.1) is 16.1 Å². The normalized spacial score (nSPS) is 10.8. The van der Waals surface area contributed by atoms with Crippen LogP contribution < -0.4 is 10.4 Å². The van der Waals surface area contributed by atoms with Gasteiger partial charge in [0.15, 0.2) is 0 Å². The SMILES string of the molecule is CCCCc1oc(=O)c2cc(OC)ccc2c1I. The van der Waals surface area contributed by atoms with E-state index in [1.807, 2.05) is 12.1 Å². The van der Waals surface area contributed by atoms with Crippen molar-refractivity contribution >= 4 is 33.4 Å². The number of aryl methyl sites for hydroxylation is 1. The van der Waals surface area contributed by atoms with Gasteiger partial charge in [0.1, 0.15) is 11.5 Å². The van der Waals surface area contributed by atoms with Crippen molar-refractivity contribution in [2.45, 2.75) is 26.2 Å². The molecule has 0 N–H and O–H groups in total. The van der Waals surface area contributed by atoms with E-state index in [4.69, 9.17) is 9.15 Å². The first kappa shape index (κ1) is 13.4. The van der Waals surface area contributed by atoms with Gasteiger partial charge in [0.2, 0.25) is 0 Å². The summed E-state index contributed by atoms with van der Waals surface area (Å²) in [6.07, 6.45) is 2.92. The molecular weight excluding hydrogens is 343 g/mol. The number of rotatable bonds is 4. The summed E-state index contributed by atoms with van der Waals surface area (Å²) in [6, 6.07) is 5.52. The number of unbranched alkanes of at least 4 members (excludes halogenated alkanes) is 1. The van der Waals surface area contributed by atoms with Gasteiger partial charge >= 0.3 is 5.63 Å². The van der Waals surface area contributed by atoms with Crippen LogP contribution in [0, 0.1) is 3.57 Å². The van der Waals surface area contributed by atoms with Gasteiger partial charge < -0.3 is 9.15 Å². The molecular formula is C14H15IO3. The molecule has 1 heterocycles. The highest BCUT2D eigenvalue weighted by atomic mass is 127. The molecule has 0 aliphatic carbocycles. The molecule has 0 amide bonds. The highest BCUT2D eigenvalue weighted by Crippen LogP contribution is 2.25. The lowest BCUT2D eigenvalue weighted by Gasteiger charge is -2.07. The summed E-state index contributed by atoms with van der Waals surface area (Å²) in [5, 5.41) is 1.53. The first-order valence-corrected chi connectivity index (χ1v) is 7.04. The van der Waals surface area contributed by atoms with Crippen molar-refractivity contribution in [3.8, 4) is 5.75 Å². The van der Waals surface area contributed by atoms with Crippen molar-refractivity contribution in [1.82, 2.24) is 0 Å². The molecule has 3 nitrogen and oxygen atoms in total. The predicted octanol–water partition coefficient (Wildman–Crippen LogP) is 3.75. The van der Waals surface area contributed by atoms with E-state index >= 15 is 0 Å². The molecule has 2 rings (SSSR count). The Hall–Kier alpha value is -1.04. The van der Waals surface area contributed by atoms with Crippen LogP contribution in [0.4, 0.5) is 0 Å². The fourth-order valence-corrected chi connectivity index (χ4v) is 2.72. The number of hydrogen-bond acceptors (Lipinski definition) is 3. The average Bonchev–Trinajstić information content (AvgIpc) is 2.40. The third kappa shape index (κ3) is 2.53. The maximum Gasteiger partial charge on any atom is 0.344 e. The highest BCUT2D eigenvalue weighted by Gasteiger charge is 2.11. The monoisotopic (exact) mass is 358 g/mol. The van der Waals surface area contributed by atoms with Crippen LogP contribution in [0.15, 0.2) is 27.4 Å². The van der Waals surface area contributed by atoms with Gasteiger partial charge in [-0.25, -0.2) is 4.79 Å². The minimum atomic E-state index is -0.282. The summed E-state index contributed by atoms with van der Waals surface area (Å²) in [6.45, 7) is 2.12. The van der Waals surface area contributed by atoms with Crippen molar-refractivity contribution in [3.05, 3.63) is 37.9 Å². The predicted molar refractivity (Wildman–Crippen MR) is 80.4 cm³/mol. The smallest absolute Gasteiger partial charge is 0.344 e. The number of fused-ring (bicyclic) bond motifs is 1. The average molecular weight is 358 g/mol. The van der Waals surface area contributed by atoms with Gasteiger partial charge in [-0.05, 0) is 47.2 Å². The third-order valence-corrected chi connectivity index (χ3v) is 4.08. The fourth-order valence-electron chi connectivity index (χ4n) is 1.87. The molecule has 18 heavy (non-hydrogen) atoms. The Labute approximate surface area is 119 Å². The molecule has 0 spiro atoms. The molecule has 0 saturated heterocycles. The van der Waals surface area contributed by atoms with E-state index < -0.39 is 0 Å². The zero-order chi connectivity index (χ0) is 13.1. The quantitative estimate of drug-likeness (QED) is 0.782. The van der Waals surface area contributed by atoms with Crippen LogP contribution in [0.1, 0.15) is 25.5 Å². The van der Waals surface area contributed by atoms with E-state index in [1.165, 1.54) is 0 Å². The molecule has 0 radical (unpaired) electrons. The van der Waals surface area contributed by atoms with Crippen molar-refractivity contribution < 1.29 is 9.15 Å². The van der Waals surface area contributed by atoms with Crippen LogP contribution in [0.3, 0.4) is 0 Å². The summed E-state index contributed by atoms with van der Waals surface area (Å²) >= 11 is 2.25. The lowest BCUT2D eigenvalue weighted by atomic mass is 10.1. The Kier molecular flexibility index (Phi) is 4.27. The molecule has 0 atom stereocenters. The largest absolute Gasteiger partial charge is 0.497 e. The summed E-state index contributed by atoms with van der Waals surface area (Å²) in [5.74, 6) is 1.46. The van der Waals surface area contributed by atoms with Gasteiger partial charge in [-0.15, -0.1) is 0 Å². The minimum Gasteiger partial charge on any atom is -0.497 e. The van der Waals surface area contributed by atoms with Crippen molar-refractivity contribution in [2.24, 2.45) is 0 Å². The van der Waals surface area contributed by atoms with E-state index in [-0.39, 0.29) is 5.63 Å². The zero-order valence-corrected chi connectivity index (χ0v) is 12.6. The third-order valence-electron chi connectivity index (χ3n) is 2.90. The van der Waals surface area contributed by atoms with E-state index in [2.05, 4.69) is 29.5 Å². The maximum atomic E-state index is 12.0. The summed E-state index contributed by atoms with van der Waals surface area (Å²) < 4.78 is 11.6. The van der Waals surface area contributed by atoms with E-state index in [9.17, 15) is 4.79 Å². The Balaban J connectivity index is 2.60. The fraction of sp³-hybridized carbons (Fsp3) is 0.357. The molecule has 0 bridgehead atoms. The highest BCUT2D eigenvalue weighted by molar-refractivity contribution is 14.1. The summed E-state index contributed by atoms with van der Waals surface area (Å²) in [5.41, 5.74) is -0.282. The Morgan fingerprint density at radius 1 is 1.33 bits per heavy atom. The van der Waals surface area contributed by atoms with Gasteiger partial charge in [-0.3, -0.25) is 0 Å². The Bertz CT molecular complexity index is 616. The van der Waals surface area contributed by atoms with Gasteiger partial charge in [-0.2, -0.15) is 0 Å². The molecule has 2 aromatic rings. The van der Waals surface area contributed by atoms with Crippen LogP contribution in [-0.4, -0.2) is 7.11 Å². The molecule has 96 valence electrons. The molecule has 1 aromatic carbocycles. The Morgan fingerprint density at radius 3 is 2.78 bits per heavy atom. The first-order chi connectivity index (χ1) is 8.67. The van der Waals surface area contributed by atoms with E-state index in [1.54, 1.807) is 13.2 Å². The molecule has 1 aromatic heterocycles. The van der Waals surface area contributed by atoms with Gasteiger partial charge in [0.25, 0.3) is 0 Å².